The van der Waals surface area contributed by atoms with Crippen molar-refractivity contribution in [3.63, 3.8) is 0 Å². The van der Waals surface area contributed by atoms with E-state index in [0.717, 1.165) is 36.1 Å². The highest BCUT2D eigenvalue weighted by molar-refractivity contribution is 6.33. The predicted octanol–water partition coefficient (Wildman–Crippen LogP) is 4.13. The molecule has 1 heterocycles. The summed E-state index contributed by atoms with van der Waals surface area (Å²) in [5.41, 5.74) is 2.20. The number of anilines is 1. The van der Waals surface area contributed by atoms with Crippen molar-refractivity contribution in [3.8, 4) is 5.69 Å². The first kappa shape index (κ1) is 17.7. The van der Waals surface area contributed by atoms with Gasteiger partial charge < -0.3 is 5.32 Å². The molecule has 3 aromatic rings. The Morgan fingerprint density at radius 2 is 1.93 bits per heavy atom. The van der Waals surface area contributed by atoms with E-state index in [9.17, 15) is 13.6 Å². The van der Waals surface area contributed by atoms with Gasteiger partial charge in [0.05, 0.1) is 11.9 Å². The van der Waals surface area contributed by atoms with E-state index in [1.165, 1.54) is 17.3 Å². The third-order valence-corrected chi connectivity index (χ3v) is 5.13. The summed E-state index contributed by atoms with van der Waals surface area (Å²) >= 11 is 6.22. The van der Waals surface area contributed by atoms with E-state index >= 15 is 0 Å². The molecule has 0 saturated carbocycles. The highest BCUT2D eigenvalue weighted by Crippen LogP contribution is 2.25. The molecule has 0 radical (unpaired) electrons. The van der Waals surface area contributed by atoms with Gasteiger partial charge in [0.2, 0.25) is 0 Å². The third-order valence-electron chi connectivity index (χ3n) is 4.76. The molecule has 1 atom stereocenters. The molecular weight excluding hydrogens is 372 g/mol. The van der Waals surface area contributed by atoms with Gasteiger partial charge in [-0.15, -0.1) is 0 Å². The number of nitrogens with one attached hydrogen (secondary N) is 1. The molecule has 1 aromatic heterocycles. The van der Waals surface area contributed by atoms with Crippen molar-refractivity contribution in [3.05, 3.63) is 86.8 Å². The molecule has 4 nitrogen and oxygen atoms in total. The summed E-state index contributed by atoms with van der Waals surface area (Å²) in [6.45, 7) is 0. The maximum absolute atomic E-state index is 14.0. The number of rotatable bonds is 3. The molecule has 7 heteroatoms. The molecule has 138 valence electrons. The Morgan fingerprint density at radius 1 is 1.15 bits per heavy atom. The van der Waals surface area contributed by atoms with Crippen LogP contribution in [0.15, 0.2) is 53.5 Å². The van der Waals surface area contributed by atoms with E-state index in [1.807, 2.05) is 12.1 Å². The van der Waals surface area contributed by atoms with E-state index in [4.69, 9.17) is 11.6 Å². The van der Waals surface area contributed by atoms with E-state index in [0.29, 0.717) is 11.8 Å². The fraction of sp³-hybridized carbons (Fsp3) is 0.200. The lowest BCUT2D eigenvalue weighted by Gasteiger charge is -2.26. The fourth-order valence-electron chi connectivity index (χ4n) is 3.40. The van der Waals surface area contributed by atoms with Crippen LogP contribution in [0, 0.1) is 11.6 Å². The number of aromatic nitrogens is 2. The minimum absolute atomic E-state index is 0.0763. The minimum Gasteiger partial charge on any atom is -0.379 e. The van der Waals surface area contributed by atoms with Crippen LogP contribution in [0.1, 0.15) is 17.5 Å². The molecule has 1 aliphatic carbocycles. The van der Waals surface area contributed by atoms with Gasteiger partial charge in [-0.05, 0) is 42.5 Å². The standard InChI is InChI=1S/C20H16ClF2N3O/c21-19-17(25-15-7-5-12-3-1-2-4-13(12)9-15)11-24-26(20(19)27)18-8-6-14(22)10-16(18)23/h1-4,6,8,10-11,15,25H,5,7,9H2. The first-order valence-electron chi connectivity index (χ1n) is 8.59. The molecule has 2 aromatic carbocycles. The molecule has 0 bridgehead atoms. The van der Waals surface area contributed by atoms with Gasteiger partial charge in [-0.25, -0.2) is 8.78 Å². The van der Waals surface area contributed by atoms with Gasteiger partial charge in [0.1, 0.15) is 16.5 Å². The first-order valence-corrected chi connectivity index (χ1v) is 8.97. The van der Waals surface area contributed by atoms with Gasteiger partial charge in [0, 0.05) is 12.1 Å². The topological polar surface area (TPSA) is 46.9 Å². The average molecular weight is 388 g/mol. The summed E-state index contributed by atoms with van der Waals surface area (Å²) in [6.07, 6.45) is 4.06. The average Bonchev–Trinajstić information content (AvgIpc) is 2.66. The van der Waals surface area contributed by atoms with Crippen molar-refractivity contribution in [1.29, 1.82) is 0 Å². The van der Waals surface area contributed by atoms with Gasteiger partial charge in [0.15, 0.2) is 5.82 Å². The van der Waals surface area contributed by atoms with Crippen molar-refractivity contribution >= 4 is 17.3 Å². The van der Waals surface area contributed by atoms with Gasteiger partial charge in [-0.3, -0.25) is 4.79 Å². The second kappa shape index (κ2) is 7.12. The van der Waals surface area contributed by atoms with E-state index in [1.54, 1.807) is 0 Å². The van der Waals surface area contributed by atoms with Gasteiger partial charge in [0.25, 0.3) is 5.56 Å². The summed E-state index contributed by atoms with van der Waals surface area (Å²) in [6, 6.07) is 11.3. The van der Waals surface area contributed by atoms with Crippen LogP contribution in [0.25, 0.3) is 5.69 Å². The van der Waals surface area contributed by atoms with Crippen molar-refractivity contribution in [2.45, 2.75) is 25.3 Å². The Morgan fingerprint density at radius 3 is 2.70 bits per heavy atom. The molecule has 27 heavy (non-hydrogen) atoms. The maximum atomic E-state index is 14.0. The smallest absolute Gasteiger partial charge is 0.292 e. The Hall–Kier alpha value is -2.73. The van der Waals surface area contributed by atoms with Crippen LogP contribution >= 0.6 is 11.6 Å². The fourth-order valence-corrected chi connectivity index (χ4v) is 3.58. The molecule has 0 aliphatic heterocycles. The molecule has 1 aliphatic rings. The Bertz CT molecular complexity index is 1070. The Kier molecular flexibility index (Phi) is 4.66. The highest BCUT2D eigenvalue weighted by atomic mass is 35.5. The molecule has 0 saturated heterocycles. The molecule has 4 rings (SSSR count). The number of benzene rings is 2. The largest absolute Gasteiger partial charge is 0.379 e. The third kappa shape index (κ3) is 3.45. The predicted molar refractivity (Wildman–Crippen MR) is 101 cm³/mol. The zero-order chi connectivity index (χ0) is 19.0. The summed E-state index contributed by atoms with van der Waals surface area (Å²) in [4.78, 5) is 12.5. The number of hydrogen-bond donors (Lipinski definition) is 1. The number of fused-ring (bicyclic) bond motifs is 1. The molecule has 0 spiro atoms. The van der Waals surface area contributed by atoms with Crippen LogP contribution in [-0.4, -0.2) is 15.8 Å². The quantitative estimate of drug-likeness (QED) is 0.735. The molecule has 1 unspecified atom stereocenters. The van der Waals surface area contributed by atoms with Gasteiger partial charge in [-0.2, -0.15) is 9.78 Å². The molecule has 0 amide bonds. The molecule has 1 N–H and O–H groups in total. The summed E-state index contributed by atoms with van der Waals surface area (Å²) in [7, 11) is 0. The minimum atomic E-state index is -0.884. The van der Waals surface area contributed by atoms with Crippen LogP contribution in [-0.2, 0) is 12.8 Å². The SMILES string of the molecule is O=c1c(Cl)c(NC2CCc3ccccc3C2)cnn1-c1ccc(F)cc1F. The zero-order valence-electron chi connectivity index (χ0n) is 14.3. The van der Waals surface area contributed by atoms with Crippen LogP contribution < -0.4 is 10.9 Å². The maximum Gasteiger partial charge on any atom is 0.292 e. The van der Waals surface area contributed by atoms with E-state index in [2.05, 4.69) is 22.5 Å². The van der Waals surface area contributed by atoms with Crippen molar-refractivity contribution in [2.75, 3.05) is 5.32 Å². The van der Waals surface area contributed by atoms with Crippen LogP contribution in [0.4, 0.5) is 14.5 Å². The van der Waals surface area contributed by atoms with E-state index in [-0.39, 0.29) is 16.8 Å². The van der Waals surface area contributed by atoms with Gasteiger partial charge >= 0.3 is 0 Å². The van der Waals surface area contributed by atoms with Crippen molar-refractivity contribution in [2.24, 2.45) is 0 Å². The summed E-state index contributed by atoms with van der Waals surface area (Å²) in [5.74, 6) is -1.61. The Labute approximate surface area is 159 Å². The summed E-state index contributed by atoms with van der Waals surface area (Å²) in [5, 5.41) is 7.20. The van der Waals surface area contributed by atoms with Gasteiger partial charge in [-0.1, -0.05) is 35.9 Å². The Balaban J connectivity index is 1.61. The molecular formula is C20H16ClF2N3O. The monoisotopic (exact) mass is 387 g/mol. The summed E-state index contributed by atoms with van der Waals surface area (Å²) < 4.78 is 27.9. The van der Waals surface area contributed by atoms with Crippen molar-refractivity contribution in [1.82, 2.24) is 9.78 Å². The van der Waals surface area contributed by atoms with E-state index < -0.39 is 17.2 Å². The van der Waals surface area contributed by atoms with Crippen molar-refractivity contribution < 1.29 is 8.78 Å². The number of aryl methyl sites for hydroxylation is 1. The first-order chi connectivity index (χ1) is 13.0. The lowest BCUT2D eigenvalue weighted by atomic mass is 9.88. The number of hydrogen-bond acceptors (Lipinski definition) is 3. The molecule has 0 fully saturated rings. The number of nitrogens with zero attached hydrogens (tertiary/aromatic N) is 2. The second-order valence-corrected chi connectivity index (χ2v) is 6.92. The zero-order valence-corrected chi connectivity index (χ0v) is 15.0. The van der Waals surface area contributed by atoms with Crippen LogP contribution in [0.2, 0.25) is 5.02 Å². The van der Waals surface area contributed by atoms with Crippen LogP contribution in [0.5, 0.6) is 0 Å². The highest BCUT2D eigenvalue weighted by Gasteiger charge is 2.20. The number of halogens is 3. The van der Waals surface area contributed by atoms with Crippen LogP contribution in [0.3, 0.4) is 0 Å². The second-order valence-electron chi connectivity index (χ2n) is 6.54. The lowest BCUT2D eigenvalue weighted by Crippen LogP contribution is -2.30. The normalized spacial score (nSPS) is 16.0. The lowest BCUT2D eigenvalue weighted by molar-refractivity contribution is 0.570.